The van der Waals surface area contributed by atoms with E-state index in [9.17, 15) is 0 Å². The fourth-order valence-electron chi connectivity index (χ4n) is 0.857. The summed E-state index contributed by atoms with van der Waals surface area (Å²) < 4.78 is 2.50. The minimum absolute atomic E-state index is 0.370. The molecule has 0 N–H and O–H groups in total. The highest BCUT2D eigenvalue weighted by atomic mass is 79.9. The topological polar surface area (TPSA) is 43.6 Å². The van der Waals surface area contributed by atoms with Crippen LogP contribution in [0.3, 0.4) is 0 Å². The lowest BCUT2D eigenvalue weighted by Crippen LogP contribution is -1.98. The van der Waals surface area contributed by atoms with Crippen molar-refractivity contribution in [2.45, 2.75) is 0 Å². The molecule has 0 atom stereocenters. The number of hydrogen-bond donors (Lipinski definition) is 0. The Balaban J connectivity index is 2.41. The second kappa shape index (κ2) is 3.43. The van der Waals surface area contributed by atoms with Crippen molar-refractivity contribution in [2.75, 3.05) is 0 Å². The van der Waals surface area contributed by atoms with Crippen molar-refractivity contribution in [3.63, 3.8) is 0 Å². The van der Waals surface area contributed by atoms with Crippen LogP contribution in [0.4, 0.5) is 0 Å². The quantitative estimate of drug-likeness (QED) is 0.787. The summed E-state index contributed by atoms with van der Waals surface area (Å²) in [5.41, 5.74) is 0. The van der Waals surface area contributed by atoms with Crippen LogP contribution in [0.2, 0.25) is 5.15 Å². The van der Waals surface area contributed by atoms with E-state index >= 15 is 0 Å². The summed E-state index contributed by atoms with van der Waals surface area (Å²) in [5, 5.41) is 12.0. The molecule has 0 unspecified atom stereocenters. The van der Waals surface area contributed by atoms with Crippen LogP contribution in [-0.2, 0) is 0 Å². The van der Waals surface area contributed by atoms with Gasteiger partial charge >= 0.3 is 0 Å². The number of aromatic nitrogens is 4. The van der Waals surface area contributed by atoms with Gasteiger partial charge in [-0.15, -0.1) is 10.2 Å². The van der Waals surface area contributed by atoms with Gasteiger partial charge in [0, 0.05) is 6.20 Å². The molecule has 13 heavy (non-hydrogen) atoms. The summed E-state index contributed by atoms with van der Waals surface area (Å²) in [4.78, 5) is 0. The summed E-state index contributed by atoms with van der Waals surface area (Å²) in [5.74, 6) is 0.634. The second-order valence-corrected chi connectivity index (χ2v) is 3.62. The van der Waals surface area contributed by atoms with E-state index in [0.29, 0.717) is 11.0 Å². The largest absolute Gasteiger partial charge is 0.220 e. The van der Waals surface area contributed by atoms with Crippen molar-refractivity contribution in [3.05, 3.63) is 34.2 Å². The molecule has 4 nitrogen and oxygen atoms in total. The molecule has 0 fully saturated rings. The molecule has 2 aromatic heterocycles. The number of hydrogen-bond acceptors (Lipinski definition) is 3. The van der Waals surface area contributed by atoms with E-state index in [0.717, 1.165) is 4.47 Å². The molecule has 0 saturated heterocycles. The lowest BCUT2D eigenvalue weighted by atomic mass is 10.5. The van der Waals surface area contributed by atoms with Crippen molar-refractivity contribution >= 4 is 27.5 Å². The van der Waals surface area contributed by atoms with Crippen molar-refractivity contribution in [1.82, 2.24) is 20.0 Å². The molecule has 0 saturated carbocycles. The van der Waals surface area contributed by atoms with E-state index in [1.165, 1.54) is 0 Å². The average Bonchev–Trinajstić information content (AvgIpc) is 2.53. The molecule has 0 spiro atoms. The van der Waals surface area contributed by atoms with Gasteiger partial charge in [-0.2, -0.15) is 5.10 Å². The summed E-state index contributed by atoms with van der Waals surface area (Å²) >= 11 is 8.88. The Labute approximate surface area is 87.7 Å². The molecule has 0 aliphatic rings. The molecule has 0 radical (unpaired) electrons. The molecule has 2 rings (SSSR count). The molecule has 0 aromatic carbocycles. The molecular formula is C7H4BrClN4. The van der Waals surface area contributed by atoms with Gasteiger partial charge < -0.3 is 0 Å². The highest BCUT2D eigenvalue weighted by molar-refractivity contribution is 9.10. The van der Waals surface area contributed by atoms with Crippen molar-refractivity contribution in [2.24, 2.45) is 0 Å². The van der Waals surface area contributed by atoms with Crippen LogP contribution >= 0.6 is 27.5 Å². The van der Waals surface area contributed by atoms with Gasteiger partial charge in [0.05, 0.1) is 10.7 Å². The van der Waals surface area contributed by atoms with E-state index in [-0.39, 0.29) is 0 Å². The van der Waals surface area contributed by atoms with Gasteiger partial charge in [0.2, 0.25) is 0 Å². The minimum Gasteiger partial charge on any atom is -0.220 e. The summed E-state index contributed by atoms with van der Waals surface area (Å²) in [7, 11) is 0. The first-order valence-electron chi connectivity index (χ1n) is 3.45. The molecule has 66 valence electrons. The van der Waals surface area contributed by atoms with Gasteiger partial charge in [0.1, 0.15) is 0 Å². The highest BCUT2D eigenvalue weighted by Crippen LogP contribution is 2.10. The second-order valence-electron chi connectivity index (χ2n) is 2.32. The standard InChI is InChI=1S/C7H4BrClN4/c8-5-3-10-13(4-5)7-2-1-6(9)11-12-7/h1-4H. The third-order valence-corrected chi connectivity index (χ3v) is 2.01. The Morgan fingerprint density at radius 2 is 2.15 bits per heavy atom. The predicted octanol–water partition coefficient (Wildman–Crippen LogP) is 2.08. The lowest BCUT2D eigenvalue weighted by Gasteiger charge is -1.96. The highest BCUT2D eigenvalue weighted by Gasteiger charge is 2.00. The van der Waals surface area contributed by atoms with Crippen LogP contribution < -0.4 is 0 Å². The van der Waals surface area contributed by atoms with Gasteiger partial charge in [-0.3, -0.25) is 0 Å². The number of rotatable bonds is 1. The Kier molecular flexibility index (Phi) is 2.28. The van der Waals surface area contributed by atoms with Crippen LogP contribution in [0.15, 0.2) is 29.0 Å². The Morgan fingerprint density at radius 1 is 1.31 bits per heavy atom. The molecule has 0 bridgehead atoms. The monoisotopic (exact) mass is 258 g/mol. The van der Waals surface area contributed by atoms with E-state index < -0.39 is 0 Å². The SMILES string of the molecule is Clc1ccc(-n2cc(Br)cn2)nn1. The summed E-state index contributed by atoms with van der Waals surface area (Å²) in [6.45, 7) is 0. The van der Waals surface area contributed by atoms with E-state index in [1.54, 1.807) is 29.2 Å². The molecule has 0 aliphatic heterocycles. The van der Waals surface area contributed by atoms with Crippen LogP contribution in [0, 0.1) is 0 Å². The maximum atomic E-state index is 5.59. The van der Waals surface area contributed by atoms with Gasteiger partial charge in [-0.1, -0.05) is 11.6 Å². The van der Waals surface area contributed by atoms with Gasteiger partial charge in [-0.05, 0) is 28.1 Å². The van der Waals surface area contributed by atoms with Crippen LogP contribution in [0.1, 0.15) is 0 Å². The fraction of sp³-hybridized carbons (Fsp3) is 0. The molecule has 2 aromatic rings. The fourth-order valence-corrected chi connectivity index (χ4v) is 1.24. The average molecular weight is 259 g/mol. The predicted molar refractivity (Wildman–Crippen MR) is 51.9 cm³/mol. The molecule has 2 heterocycles. The zero-order valence-electron chi connectivity index (χ0n) is 6.35. The Hall–Kier alpha value is -0.940. The molecular weight excluding hydrogens is 255 g/mol. The normalized spacial score (nSPS) is 10.3. The molecule has 0 aliphatic carbocycles. The first-order valence-corrected chi connectivity index (χ1v) is 4.62. The Bertz CT molecular complexity index is 411. The van der Waals surface area contributed by atoms with E-state index in [2.05, 4.69) is 31.2 Å². The maximum Gasteiger partial charge on any atom is 0.175 e. The minimum atomic E-state index is 0.370. The van der Waals surface area contributed by atoms with Crippen LogP contribution in [-0.4, -0.2) is 20.0 Å². The number of nitrogens with zero attached hydrogens (tertiary/aromatic N) is 4. The third-order valence-electron chi connectivity index (χ3n) is 1.40. The Morgan fingerprint density at radius 3 is 2.69 bits per heavy atom. The van der Waals surface area contributed by atoms with Crippen molar-refractivity contribution in [1.29, 1.82) is 0 Å². The van der Waals surface area contributed by atoms with Gasteiger partial charge in [0.15, 0.2) is 11.0 Å². The van der Waals surface area contributed by atoms with E-state index in [1.807, 2.05) is 0 Å². The third kappa shape index (κ3) is 1.87. The zero-order valence-corrected chi connectivity index (χ0v) is 8.70. The van der Waals surface area contributed by atoms with Crippen molar-refractivity contribution in [3.8, 4) is 5.82 Å². The maximum absolute atomic E-state index is 5.59. The molecule has 0 amide bonds. The van der Waals surface area contributed by atoms with Crippen LogP contribution in [0.5, 0.6) is 0 Å². The molecule has 6 heteroatoms. The van der Waals surface area contributed by atoms with Gasteiger partial charge in [0.25, 0.3) is 0 Å². The smallest absolute Gasteiger partial charge is 0.175 e. The van der Waals surface area contributed by atoms with Gasteiger partial charge in [-0.25, -0.2) is 4.68 Å². The number of halogens is 2. The first kappa shape index (κ1) is 8.65. The lowest BCUT2D eigenvalue weighted by molar-refractivity contribution is 0.814. The zero-order chi connectivity index (χ0) is 9.26. The summed E-state index contributed by atoms with van der Waals surface area (Å²) in [6.07, 6.45) is 3.47. The van der Waals surface area contributed by atoms with Crippen LogP contribution in [0.25, 0.3) is 5.82 Å². The van der Waals surface area contributed by atoms with Crippen molar-refractivity contribution < 1.29 is 0 Å². The summed E-state index contributed by atoms with van der Waals surface area (Å²) in [6, 6.07) is 3.41. The first-order chi connectivity index (χ1) is 6.25. The van der Waals surface area contributed by atoms with E-state index in [4.69, 9.17) is 11.6 Å².